The third kappa shape index (κ3) is 4.71. The van der Waals surface area contributed by atoms with E-state index in [9.17, 15) is 14.7 Å². The second-order valence-electron chi connectivity index (χ2n) is 4.78. The van der Waals surface area contributed by atoms with Crippen molar-refractivity contribution in [1.82, 2.24) is 5.32 Å². The molecule has 1 aromatic rings. The van der Waals surface area contributed by atoms with Crippen molar-refractivity contribution in [1.29, 1.82) is 0 Å². The molecule has 0 spiro atoms. The van der Waals surface area contributed by atoms with Gasteiger partial charge in [0.05, 0.1) is 0 Å². The van der Waals surface area contributed by atoms with Crippen molar-refractivity contribution in [3.05, 3.63) is 35.9 Å². The average molecular weight is 265 g/mol. The van der Waals surface area contributed by atoms with E-state index in [0.717, 1.165) is 5.56 Å². The number of rotatable bonds is 6. The third-order valence-electron chi connectivity index (χ3n) is 2.80. The molecule has 0 aliphatic heterocycles. The molecular weight excluding hydrogens is 246 g/mol. The number of carboxylic acid groups (broad SMARTS) is 1. The topological polar surface area (TPSA) is 86.6 Å². The smallest absolute Gasteiger partial charge is 0.326 e. The lowest BCUT2D eigenvalue weighted by Gasteiger charge is -2.19. The lowest BCUT2D eigenvalue weighted by molar-refractivity contribution is -0.144. The summed E-state index contributed by atoms with van der Waals surface area (Å²) in [5.74, 6) is -2.03. The number of nitrogens with one attached hydrogen (secondary N) is 1. The lowest BCUT2D eigenvalue weighted by atomic mass is 10.0. The van der Waals surface area contributed by atoms with Crippen LogP contribution in [0, 0.1) is 5.92 Å². The zero-order valence-electron chi connectivity index (χ0n) is 11.0. The average Bonchev–Trinajstić information content (AvgIpc) is 2.37. The second kappa shape index (κ2) is 6.89. The normalized spacial score (nSPS) is 13.9. The highest BCUT2D eigenvalue weighted by Gasteiger charge is 2.25. The highest BCUT2D eigenvalue weighted by Crippen LogP contribution is 2.06. The van der Waals surface area contributed by atoms with E-state index in [1.54, 1.807) is 38.1 Å². The van der Waals surface area contributed by atoms with E-state index >= 15 is 0 Å². The van der Waals surface area contributed by atoms with Crippen LogP contribution in [0.2, 0.25) is 0 Å². The van der Waals surface area contributed by atoms with Gasteiger partial charge in [0.25, 0.3) is 0 Å². The standard InChI is InChI=1S/C14H19NO4/c1-9(2)12(16)13(17)15-11(14(18)19)8-10-6-4-3-5-7-10/h3-7,9,11-12,16H,8H2,1-2H3,(H,15,17)(H,18,19)/t11-,12+/m1/s1. The van der Waals surface area contributed by atoms with Crippen LogP contribution in [0.4, 0.5) is 0 Å². The molecule has 0 bridgehead atoms. The summed E-state index contributed by atoms with van der Waals surface area (Å²) in [6, 6.07) is 7.99. The van der Waals surface area contributed by atoms with Gasteiger partial charge in [0.2, 0.25) is 5.91 Å². The van der Waals surface area contributed by atoms with Crippen LogP contribution in [0.5, 0.6) is 0 Å². The Balaban J connectivity index is 2.69. The summed E-state index contributed by atoms with van der Waals surface area (Å²) in [4.78, 5) is 22.8. The highest BCUT2D eigenvalue weighted by molar-refractivity contribution is 5.86. The van der Waals surface area contributed by atoms with Gasteiger partial charge in [-0.25, -0.2) is 4.79 Å². The van der Waals surface area contributed by atoms with Gasteiger partial charge in [-0.05, 0) is 11.5 Å². The maximum absolute atomic E-state index is 11.7. The molecule has 2 atom stereocenters. The van der Waals surface area contributed by atoms with Crippen LogP contribution in [0.3, 0.4) is 0 Å². The molecule has 0 saturated heterocycles. The number of hydrogen-bond donors (Lipinski definition) is 3. The van der Waals surface area contributed by atoms with Gasteiger partial charge in [-0.1, -0.05) is 44.2 Å². The predicted molar refractivity (Wildman–Crippen MR) is 70.6 cm³/mol. The molecular formula is C14H19NO4. The summed E-state index contributed by atoms with van der Waals surface area (Å²) in [6.07, 6.45) is -1.01. The monoisotopic (exact) mass is 265 g/mol. The highest BCUT2D eigenvalue weighted by atomic mass is 16.4. The van der Waals surface area contributed by atoms with Crippen LogP contribution in [-0.2, 0) is 16.0 Å². The van der Waals surface area contributed by atoms with Crippen molar-refractivity contribution in [2.24, 2.45) is 5.92 Å². The number of carboxylic acids is 1. The molecule has 0 unspecified atom stereocenters. The molecule has 0 heterocycles. The molecule has 0 fully saturated rings. The van der Waals surface area contributed by atoms with Gasteiger partial charge in [-0.15, -0.1) is 0 Å². The SMILES string of the molecule is CC(C)[C@H](O)C(=O)N[C@H](Cc1ccccc1)C(=O)O. The number of amides is 1. The molecule has 1 rings (SSSR count). The Labute approximate surface area is 112 Å². The molecule has 19 heavy (non-hydrogen) atoms. The van der Waals surface area contributed by atoms with Crippen molar-refractivity contribution in [2.45, 2.75) is 32.4 Å². The van der Waals surface area contributed by atoms with Gasteiger partial charge >= 0.3 is 5.97 Å². The number of carbonyl (C=O) groups excluding carboxylic acids is 1. The molecule has 5 nitrogen and oxygen atoms in total. The third-order valence-corrected chi connectivity index (χ3v) is 2.80. The van der Waals surface area contributed by atoms with Crippen molar-refractivity contribution >= 4 is 11.9 Å². The van der Waals surface area contributed by atoms with Crippen molar-refractivity contribution in [2.75, 3.05) is 0 Å². The first-order chi connectivity index (χ1) is 8.91. The van der Waals surface area contributed by atoms with Crippen LogP contribution in [0.1, 0.15) is 19.4 Å². The number of aliphatic carboxylic acids is 1. The summed E-state index contributed by atoms with van der Waals surface area (Å²) in [6.45, 7) is 3.38. The first kappa shape index (κ1) is 15.2. The number of hydrogen-bond acceptors (Lipinski definition) is 3. The van der Waals surface area contributed by atoms with E-state index in [1.165, 1.54) is 0 Å². The van der Waals surface area contributed by atoms with E-state index in [4.69, 9.17) is 5.11 Å². The molecule has 0 aliphatic carbocycles. The molecule has 0 aliphatic rings. The molecule has 0 radical (unpaired) electrons. The maximum atomic E-state index is 11.7. The Bertz CT molecular complexity index is 430. The molecule has 0 aromatic heterocycles. The van der Waals surface area contributed by atoms with E-state index in [2.05, 4.69) is 5.32 Å². The van der Waals surface area contributed by atoms with Crippen LogP contribution < -0.4 is 5.32 Å². The van der Waals surface area contributed by atoms with Crippen molar-refractivity contribution in [3.63, 3.8) is 0 Å². The first-order valence-electron chi connectivity index (χ1n) is 6.17. The van der Waals surface area contributed by atoms with E-state index in [0.29, 0.717) is 0 Å². The van der Waals surface area contributed by atoms with E-state index in [1.807, 2.05) is 6.07 Å². The van der Waals surface area contributed by atoms with Crippen molar-refractivity contribution in [3.8, 4) is 0 Å². The second-order valence-corrected chi connectivity index (χ2v) is 4.78. The molecule has 1 amide bonds. The molecule has 3 N–H and O–H groups in total. The Kier molecular flexibility index (Phi) is 5.51. The Morgan fingerprint density at radius 3 is 2.26 bits per heavy atom. The van der Waals surface area contributed by atoms with Crippen LogP contribution in [0.25, 0.3) is 0 Å². The largest absolute Gasteiger partial charge is 0.480 e. The van der Waals surface area contributed by atoms with Gasteiger partial charge in [0.1, 0.15) is 12.1 Å². The minimum absolute atomic E-state index is 0.187. The van der Waals surface area contributed by atoms with Crippen LogP contribution in [0.15, 0.2) is 30.3 Å². The van der Waals surface area contributed by atoms with Gasteiger partial charge in [-0.2, -0.15) is 0 Å². The van der Waals surface area contributed by atoms with Crippen molar-refractivity contribution < 1.29 is 19.8 Å². The Hall–Kier alpha value is -1.88. The zero-order chi connectivity index (χ0) is 14.4. The summed E-state index contributed by atoms with van der Waals surface area (Å²) in [5.41, 5.74) is 0.814. The summed E-state index contributed by atoms with van der Waals surface area (Å²) in [5, 5.41) is 21.1. The summed E-state index contributed by atoms with van der Waals surface area (Å²) >= 11 is 0. The zero-order valence-corrected chi connectivity index (χ0v) is 11.0. The predicted octanol–water partition coefficient (Wildman–Crippen LogP) is 0.815. The van der Waals surface area contributed by atoms with Crippen LogP contribution >= 0.6 is 0 Å². The quantitative estimate of drug-likeness (QED) is 0.710. The number of carbonyl (C=O) groups is 2. The fraction of sp³-hybridized carbons (Fsp3) is 0.429. The Morgan fingerprint density at radius 1 is 1.21 bits per heavy atom. The van der Waals surface area contributed by atoms with E-state index < -0.39 is 24.0 Å². The summed E-state index contributed by atoms with van der Waals surface area (Å²) < 4.78 is 0. The van der Waals surface area contributed by atoms with E-state index in [-0.39, 0.29) is 12.3 Å². The van der Waals surface area contributed by atoms with Gasteiger partial charge in [0.15, 0.2) is 0 Å². The number of aliphatic hydroxyl groups excluding tert-OH is 1. The first-order valence-corrected chi connectivity index (χ1v) is 6.17. The molecule has 0 saturated carbocycles. The molecule has 1 aromatic carbocycles. The number of aliphatic hydroxyl groups is 1. The number of benzene rings is 1. The fourth-order valence-corrected chi connectivity index (χ4v) is 1.61. The van der Waals surface area contributed by atoms with Gasteiger partial charge < -0.3 is 15.5 Å². The summed E-state index contributed by atoms with van der Waals surface area (Å²) in [7, 11) is 0. The Morgan fingerprint density at radius 2 is 1.79 bits per heavy atom. The van der Waals surface area contributed by atoms with Gasteiger partial charge in [0, 0.05) is 6.42 Å². The molecule has 104 valence electrons. The van der Waals surface area contributed by atoms with Gasteiger partial charge in [-0.3, -0.25) is 4.79 Å². The minimum atomic E-state index is -1.20. The molecule has 5 heteroatoms. The maximum Gasteiger partial charge on any atom is 0.326 e. The minimum Gasteiger partial charge on any atom is -0.480 e. The fourth-order valence-electron chi connectivity index (χ4n) is 1.61. The van der Waals surface area contributed by atoms with Crippen LogP contribution in [-0.4, -0.2) is 34.2 Å². The lowest BCUT2D eigenvalue weighted by Crippen LogP contribution is -2.47.